The molecule has 1 amide bonds. The molecule has 1 aromatic heterocycles. The molecular formula is C14H18N4O. The first-order valence-corrected chi connectivity index (χ1v) is 6.36. The number of nitrogens with one attached hydrogen (secondary N) is 1. The van der Waals surface area contributed by atoms with Gasteiger partial charge < -0.3 is 5.32 Å². The normalized spacial score (nSPS) is 22.6. The zero-order chi connectivity index (χ0) is 13.9. The fourth-order valence-corrected chi connectivity index (χ4v) is 2.37. The molecule has 0 aromatic carbocycles. The Bertz CT molecular complexity index is 492. The highest BCUT2D eigenvalue weighted by Gasteiger charge is 2.40. The second-order valence-electron chi connectivity index (χ2n) is 5.36. The average molecular weight is 258 g/mol. The van der Waals surface area contributed by atoms with Crippen LogP contribution in [0.4, 0.5) is 0 Å². The van der Waals surface area contributed by atoms with E-state index in [1.54, 1.807) is 6.20 Å². The van der Waals surface area contributed by atoms with Crippen molar-refractivity contribution in [2.75, 3.05) is 6.54 Å². The first-order chi connectivity index (χ1) is 9.04. The number of hydrogen-bond donors (Lipinski definition) is 1. The van der Waals surface area contributed by atoms with Crippen LogP contribution in [0.2, 0.25) is 0 Å². The summed E-state index contributed by atoms with van der Waals surface area (Å²) >= 11 is 0. The van der Waals surface area contributed by atoms with Gasteiger partial charge in [0.2, 0.25) is 5.91 Å². The maximum atomic E-state index is 11.9. The van der Waals surface area contributed by atoms with Crippen molar-refractivity contribution in [2.45, 2.75) is 38.4 Å². The first kappa shape index (κ1) is 13.5. The third kappa shape index (κ3) is 2.91. The van der Waals surface area contributed by atoms with Crippen LogP contribution in [0.3, 0.4) is 0 Å². The van der Waals surface area contributed by atoms with Gasteiger partial charge >= 0.3 is 0 Å². The van der Waals surface area contributed by atoms with Crippen molar-refractivity contribution < 1.29 is 4.79 Å². The Morgan fingerprint density at radius 3 is 3.00 bits per heavy atom. The summed E-state index contributed by atoms with van der Waals surface area (Å²) < 4.78 is 0. The van der Waals surface area contributed by atoms with Crippen molar-refractivity contribution in [1.82, 2.24) is 15.2 Å². The van der Waals surface area contributed by atoms with Crippen molar-refractivity contribution in [1.29, 1.82) is 5.26 Å². The number of aromatic nitrogens is 1. The molecule has 2 heterocycles. The summed E-state index contributed by atoms with van der Waals surface area (Å²) in [6.45, 7) is 5.30. The minimum Gasteiger partial charge on any atom is -0.353 e. The van der Waals surface area contributed by atoms with Crippen LogP contribution in [0.5, 0.6) is 0 Å². The zero-order valence-electron chi connectivity index (χ0n) is 11.3. The number of carbonyl (C=O) groups is 1. The second-order valence-corrected chi connectivity index (χ2v) is 5.36. The van der Waals surface area contributed by atoms with Crippen LogP contribution in [-0.2, 0) is 11.3 Å². The smallest absolute Gasteiger partial charge is 0.238 e. The molecule has 1 aromatic rings. The number of nitrogens with zero attached hydrogens (tertiary/aromatic N) is 3. The van der Waals surface area contributed by atoms with Crippen molar-refractivity contribution in [3.63, 3.8) is 0 Å². The van der Waals surface area contributed by atoms with Gasteiger partial charge in [0, 0.05) is 24.8 Å². The SMILES string of the molecule is CC1(C)CNC(=O)C(CC#N)N1Cc1ccccn1. The van der Waals surface area contributed by atoms with Gasteiger partial charge in [0.05, 0.1) is 18.2 Å². The lowest BCUT2D eigenvalue weighted by molar-refractivity contribution is -0.134. The summed E-state index contributed by atoms with van der Waals surface area (Å²) in [6.07, 6.45) is 1.94. The highest BCUT2D eigenvalue weighted by molar-refractivity contribution is 5.83. The Morgan fingerprint density at radius 2 is 2.37 bits per heavy atom. The Hall–Kier alpha value is -1.93. The van der Waals surface area contributed by atoms with Crippen LogP contribution in [0.1, 0.15) is 26.0 Å². The molecule has 5 heteroatoms. The van der Waals surface area contributed by atoms with E-state index in [0.29, 0.717) is 13.1 Å². The molecule has 2 rings (SSSR count). The summed E-state index contributed by atoms with van der Waals surface area (Å²) in [4.78, 5) is 18.3. The van der Waals surface area contributed by atoms with Crippen LogP contribution in [0.25, 0.3) is 0 Å². The molecular weight excluding hydrogens is 240 g/mol. The van der Waals surface area contributed by atoms with Crippen LogP contribution >= 0.6 is 0 Å². The molecule has 1 aliphatic rings. The topological polar surface area (TPSA) is 69.0 Å². The van der Waals surface area contributed by atoms with E-state index in [0.717, 1.165) is 5.69 Å². The summed E-state index contributed by atoms with van der Waals surface area (Å²) in [5, 5.41) is 11.8. The van der Waals surface area contributed by atoms with E-state index >= 15 is 0 Å². The number of piperazine rings is 1. The molecule has 0 bridgehead atoms. The largest absolute Gasteiger partial charge is 0.353 e. The number of pyridine rings is 1. The summed E-state index contributed by atoms with van der Waals surface area (Å²) in [5.41, 5.74) is 0.723. The van der Waals surface area contributed by atoms with Gasteiger partial charge in [-0.3, -0.25) is 14.7 Å². The molecule has 19 heavy (non-hydrogen) atoms. The van der Waals surface area contributed by atoms with E-state index in [-0.39, 0.29) is 17.9 Å². The Labute approximate surface area is 113 Å². The highest BCUT2D eigenvalue weighted by Crippen LogP contribution is 2.25. The van der Waals surface area contributed by atoms with E-state index < -0.39 is 6.04 Å². The third-order valence-corrected chi connectivity index (χ3v) is 3.49. The number of nitriles is 1. The zero-order valence-corrected chi connectivity index (χ0v) is 11.3. The Morgan fingerprint density at radius 1 is 1.58 bits per heavy atom. The van der Waals surface area contributed by atoms with Gasteiger partial charge in [0.25, 0.3) is 0 Å². The number of carbonyl (C=O) groups excluding carboxylic acids is 1. The quantitative estimate of drug-likeness (QED) is 0.880. The van der Waals surface area contributed by atoms with Gasteiger partial charge in [-0.15, -0.1) is 0 Å². The standard InChI is InChI=1S/C14H18N4O/c1-14(2)10-17-13(19)12(6-7-15)18(14)9-11-5-3-4-8-16-11/h3-5,8,12H,6,9-10H2,1-2H3,(H,17,19). The lowest BCUT2D eigenvalue weighted by Crippen LogP contribution is -2.64. The molecule has 1 fully saturated rings. The molecule has 0 radical (unpaired) electrons. The molecule has 1 aliphatic heterocycles. The van der Waals surface area contributed by atoms with Gasteiger partial charge in [0.15, 0.2) is 0 Å². The van der Waals surface area contributed by atoms with Gasteiger partial charge in [0.1, 0.15) is 6.04 Å². The van der Waals surface area contributed by atoms with E-state index in [9.17, 15) is 4.79 Å². The average Bonchev–Trinajstić information content (AvgIpc) is 2.40. The molecule has 5 nitrogen and oxygen atoms in total. The Balaban J connectivity index is 2.25. The second kappa shape index (κ2) is 5.37. The molecule has 1 saturated heterocycles. The van der Waals surface area contributed by atoms with E-state index in [4.69, 9.17) is 5.26 Å². The summed E-state index contributed by atoms with van der Waals surface area (Å²) in [5.74, 6) is -0.0724. The molecule has 0 saturated carbocycles. The summed E-state index contributed by atoms with van der Waals surface area (Å²) in [6, 6.07) is 7.42. The monoisotopic (exact) mass is 258 g/mol. The van der Waals surface area contributed by atoms with Gasteiger partial charge in [-0.2, -0.15) is 5.26 Å². The van der Waals surface area contributed by atoms with Crippen LogP contribution < -0.4 is 5.32 Å². The van der Waals surface area contributed by atoms with Crippen LogP contribution in [0.15, 0.2) is 24.4 Å². The maximum Gasteiger partial charge on any atom is 0.238 e. The predicted octanol–water partition coefficient (Wildman–Crippen LogP) is 1.07. The lowest BCUT2D eigenvalue weighted by Gasteiger charge is -2.46. The van der Waals surface area contributed by atoms with Crippen LogP contribution in [0, 0.1) is 11.3 Å². The molecule has 1 N–H and O–H groups in total. The van der Waals surface area contributed by atoms with Crippen molar-refractivity contribution in [2.24, 2.45) is 0 Å². The minimum atomic E-state index is -0.407. The summed E-state index contributed by atoms with van der Waals surface area (Å²) in [7, 11) is 0. The van der Waals surface area contributed by atoms with E-state index in [1.807, 2.05) is 18.2 Å². The minimum absolute atomic E-state index is 0.0724. The van der Waals surface area contributed by atoms with E-state index in [2.05, 4.69) is 35.1 Å². The lowest BCUT2D eigenvalue weighted by atomic mass is 9.94. The molecule has 1 atom stereocenters. The van der Waals surface area contributed by atoms with Crippen molar-refractivity contribution in [3.8, 4) is 6.07 Å². The first-order valence-electron chi connectivity index (χ1n) is 6.36. The van der Waals surface area contributed by atoms with Crippen molar-refractivity contribution in [3.05, 3.63) is 30.1 Å². The maximum absolute atomic E-state index is 11.9. The van der Waals surface area contributed by atoms with Crippen LogP contribution in [-0.4, -0.2) is 33.9 Å². The third-order valence-electron chi connectivity index (χ3n) is 3.49. The van der Waals surface area contributed by atoms with Gasteiger partial charge in [-0.25, -0.2) is 0 Å². The van der Waals surface area contributed by atoms with E-state index in [1.165, 1.54) is 0 Å². The molecule has 100 valence electrons. The Kier molecular flexibility index (Phi) is 3.82. The fourth-order valence-electron chi connectivity index (χ4n) is 2.37. The number of rotatable bonds is 3. The number of amides is 1. The highest BCUT2D eigenvalue weighted by atomic mass is 16.2. The molecule has 1 unspecified atom stereocenters. The van der Waals surface area contributed by atoms with Gasteiger partial charge in [-0.1, -0.05) is 6.07 Å². The fraction of sp³-hybridized carbons (Fsp3) is 0.500. The number of hydrogen-bond acceptors (Lipinski definition) is 4. The molecule has 0 aliphatic carbocycles. The van der Waals surface area contributed by atoms with Gasteiger partial charge in [-0.05, 0) is 26.0 Å². The molecule has 0 spiro atoms. The predicted molar refractivity (Wildman–Crippen MR) is 70.9 cm³/mol. The van der Waals surface area contributed by atoms with Crippen molar-refractivity contribution >= 4 is 5.91 Å².